The number of hydrogen-bond acceptors (Lipinski definition) is 1. The topological polar surface area (TPSA) is 12.0 Å². The molecule has 1 atom stereocenters. The van der Waals surface area contributed by atoms with Crippen LogP contribution in [0.2, 0.25) is 0 Å². The standard InChI is InChI=1S/C12H23N/c1-9-7-12(8-9)13-10(2)11-5-3-4-6-11/h9-13H,3-8H2,1-2H3/t9?,10-,12?/m0/s1. The van der Waals surface area contributed by atoms with Gasteiger partial charge in [0.25, 0.3) is 0 Å². The zero-order chi connectivity index (χ0) is 9.26. The van der Waals surface area contributed by atoms with Gasteiger partial charge in [0, 0.05) is 12.1 Å². The summed E-state index contributed by atoms with van der Waals surface area (Å²) in [7, 11) is 0. The minimum absolute atomic E-state index is 0.778. The van der Waals surface area contributed by atoms with Gasteiger partial charge in [-0.1, -0.05) is 19.8 Å². The van der Waals surface area contributed by atoms with Crippen molar-refractivity contribution < 1.29 is 0 Å². The molecule has 2 fully saturated rings. The maximum Gasteiger partial charge on any atom is 0.00747 e. The Bertz CT molecular complexity index is 155. The van der Waals surface area contributed by atoms with Crippen LogP contribution in [0.25, 0.3) is 0 Å². The second kappa shape index (κ2) is 4.00. The third-order valence-electron chi connectivity index (χ3n) is 3.98. The first-order valence-corrected chi connectivity index (χ1v) is 6.01. The summed E-state index contributed by atoms with van der Waals surface area (Å²) < 4.78 is 0. The van der Waals surface area contributed by atoms with E-state index in [1.807, 2.05) is 0 Å². The zero-order valence-corrected chi connectivity index (χ0v) is 9.05. The second-order valence-corrected chi connectivity index (χ2v) is 5.27. The molecule has 0 radical (unpaired) electrons. The number of rotatable bonds is 3. The van der Waals surface area contributed by atoms with Crippen LogP contribution in [0.4, 0.5) is 0 Å². The Morgan fingerprint density at radius 3 is 2.31 bits per heavy atom. The van der Waals surface area contributed by atoms with Gasteiger partial charge >= 0.3 is 0 Å². The Morgan fingerprint density at radius 1 is 1.15 bits per heavy atom. The van der Waals surface area contributed by atoms with Crippen LogP contribution in [0, 0.1) is 11.8 Å². The lowest BCUT2D eigenvalue weighted by molar-refractivity contribution is 0.204. The number of hydrogen-bond donors (Lipinski definition) is 1. The van der Waals surface area contributed by atoms with E-state index in [0.29, 0.717) is 0 Å². The van der Waals surface area contributed by atoms with Gasteiger partial charge in [0.2, 0.25) is 0 Å². The normalized spacial score (nSPS) is 37.4. The minimum atomic E-state index is 0.778. The van der Waals surface area contributed by atoms with Gasteiger partial charge in [-0.3, -0.25) is 0 Å². The van der Waals surface area contributed by atoms with Crippen LogP contribution in [0.5, 0.6) is 0 Å². The van der Waals surface area contributed by atoms with Gasteiger partial charge < -0.3 is 5.32 Å². The average molecular weight is 181 g/mol. The lowest BCUT2D eigenvalue weighted by atomic mass is 9.81. The highest BCUT2D eigenvalue weighted by Gasteiger charge is 2.29. The van der Waals surface area contributed by atoms with Crippen molar-refractivity contribution in [3.8, 4) is 0 Å². The molecule has 0 saturated heterocycles. The van der Waals surface area contributed by atoms with Crippen molar-refractivity contribution in [3.05, 3.63) is 0 Å². The van der Waals surface area contributed by atoms with E-state index in [1.165, 1.54) is 38.5 Å². The smallest absolute Gasteiger partial charge is 0.00747 e. The first-order valence-electron chi connectivity index (χ1n) is 6.01. The monoisotopic (exact) mass is 181 g/mol. The predicted octanol–water partition coefficient (Wildman–Crippen LogP) is 2.95. The van der Waals surface area contributed by atoms with E-state index in [4.69, 9.17) is 0 Å². The Balaban J connectivity index is 1.68. The average Bonchev–Trinajstić information content (AvgIpc) is 2.53. The SMILES string of the molecule is CC1CC(N[C@@H](C)C2CCCC2)C1. The predicted molar refractivity (Wildman–Crippen MR) is 56.7 cm³/mol. The first-order chi connectivity index (χ1) is 6.25. The summed E-state index contributed by atoms with van der Waals surface area (Å²) in [6, 6.07) is 1.63. The molecule has 2 aliphatic rings. The van der Waals surface area contributed by atoms with Crippen LogP contribution in [-0.4, -0.2) is 12.1 Å². The molecule has 2 aliphatic carbocycles. The van der Waals surface area contributed by atoms with Crippen molar-refractivity contribution in [2.75, 3.05) is 0 Å². The van der Waals surface area contributed by atoms with Gasteiger partial charge in [-0.2, -0.15) is 0 Å². The summed E-state index contributed by atoms with van der Waals surface area (Å²) in [5, 5.41) is 3.79. The van der Waals surface area contributed by atoms with Gasteiger partial charge in [0.05, 0.1) is 0 Å². The zero-order valence-electron chi connectivity index (χ0n) is 9.05. The summed E-state index contributed by atoms with van der Waals surface area (Å²) in [6.07, 6.45) is 8.70. The van der Waals surface area contributed by atoms with Crippen LogP contribution in [0.1, 0.15) is 52.4 Å². The molecule has 0 unspecified atom stereocenters. The molecular weight excluding hydrogens is 158 g/mol. The Morgan fingerprint density at radius 2 is 1.77 bits per heavy atom. The molecule has 1 N–H and O–H groups in total. The highest BCUT2D eigenvalue weighted by molar-refractivity contribution is 4.87. The Labute approximate surface area is 82.3 Å². The van der Waals surface area contributed by atoms with E-state index in [1.54, 1.807) is 0 Å². The van der Waals surface area contributed by atoms with E-state index in [-0.39, 0.29) is 0 Å². The van der Waals surface area contributed by atoms with Crippen molar-refractivity contribution in [3.63, 3.8) is 0 Å². The molecule has 0 aromatic heterocycles. The minimum Gasteiger partial charge on any atom is -0.311 e. The van der Waals surface area contributed by atoms with Crippen LogP contribution < -0.4 is 5.32 Å². The Kier molecular flexibility index (Phi) is 2.92. The van der Waals surface area contributed by atoms with E-state index in [9.17, 15) is 0 Å². The van der Waals surface area contributed by atoms with Crippen molar-refractivity contribution in [2.24, 2.45) is 11.8 Å². The molecule has 0 amide bonds. The van der Waals surface area contributed by atoms with Crippen LogP contribution >= 0.6 is 0 Å². The van der Waals surface area contributed by atoms with Crippen LogP contribution in [-0.2, 0) is 0 Å². The highest BCUT2D eigenvalue weighted by Crippen LogP contribution is 2.31. The first kappa shape index (κ1) is 9.51. The summed E-state index contributed by atoms with van der Waals surface area (Å²) >= 11 is 0. The van der Waals surface area contributed by atoms with Crippen molar-refractivity contribution >= 4 is 0 Å². The molecule has 2 saturated carbocycles. The van der Waals surface area contributed by atoms with Gasteiger partial charge in [0.1, 0.15) is 0 Å². The number of nitrogens with one attached hydrogen (secondary N) is 1. The molecule has 0 aliphatic heterocycles. The van der Waals surface area contributed by atoms with Crippen molar-refractivity contribution in [1.29, 1.82) is 0 Å². The van der Waals surface area contributed by atoms with E-state index >= 15 is 0 Å². The molecule has 1 nitrogen and oxygen atoms in total. The van der Waals surface area contributed by atoms with E-state index in [0.717, 1.165) is 23.9 Å². The summed E-state index contributed by atoms with van der Waals surface area (Å²) in [6.45, 7) is 4.75. The molecule has 0 bridgehead atoms. The van der Waals surface area contributed by atoms with Gasteiger partial charge in [-0.05, 0) is 44.4 Å². The molecule has 0 aromatic rings. The fraction of sp³-hybridized carbons (Fsp3) is 1.00. The molecule has 0 aromatic carbocycles. The largest absolute Gasteiger partial charge is 0.311 e. The van der Waals surface area contributed by atoms with Crippen LogP contribution in [0.3, 0.4) is 0 Å². The van der Waals surface area contributed by atoms with E-state index in [2.05, 4.69) is 19.2 Å². The van der Waals surface area contributed by atoms with Crippen molar-refractivity contribution in [2.45, 2.75) is 64.5 Å². The van der Waals surface area contributed by atoms with E-state index < -0.39 is 0 Å². The van der Waals surface area contributed by atoms with Gasteiger partial charge in [0.15, 0.2) is 0 Å². The van der Waals surface area contributed by atoms with Gasteiger partial charge in [-0.15, -0.1) is 0 Å². The third kappa shape index (κ3) is 2.25. The molecule has 13 heavy (non-hydrogen) atoms. The second-order valence-electron chi connectivity index (χ2n) is 5.27. The molecule has 1 heteroatoms. The summed E-state index contributed by atoms with van der Waals surface area (Å²) in [5.41, 5.74) is 0. The molecular formula is C12H23N. The molecule has 0 spiro atoms. The lowest BCUT2D eigenvalue weighted by Gasteiger charge is -2.37. The maximum atomic E-state index is 3.79. The third-order valence-corrected chi connectivity index (χ3v) is 3.98. The van der Waals surface area contributed by atoms with Crippen LogP contribution in [0.15, 0.2) is 0 Å². The lowest BCUT2D eigenvalue weighted by Crippen LogP contribution is -2.46. The van der Waals surface area contributed by atoms with Gasteiger partial charge in [-0.25, -0.2) is 0 Å². The molecule has 2 rings (SSSR count). The molecule has 76 valence electrons. The maximum absolute atomic E-state index is 3.79. The quantitative estimate of drug-likeness (QED) is 0.706. The molecule has 0 heterocycles. The fourth-order valence-electron chi connectivity index (χ4n) is 3.00. The Hall–Kier alpha value is -0.0400. The summed E-state index contributed by atoms with van der Waals surface area (Å²) in [5.74, 6) is 1.96. The fourth-order valence-corrected chi connectivity index (χ4v) is 3.00. The summed E-state index contributed by atoms with van der Waals surface area (Å²) in [4.78, 5) is 0. The highest BCUT2D eigenvalue weighted by atomic mass is 15.0. The van der Waals surface area contributed by atoms with Crippen molar-refractivity contribution in [1.82, 2.24) is 5.32 Å².